The van der Waals surface area contributed by atoms with Crippen LogP contribution in [0.4, 0.5) is 0 Å². The van der Waals surface area contributed by atoms with Gasteiger partial charge in [-0.25, -0.2) is 0 Å². The van der Waals surface area contributed by atoms with E-state index < -0.39 is 0 Å². The normalized spacial score (nSPS) is 10.9. The minimum Gasteiger partial charge on any atom is -0.0622 e. The molecule has 0 bridgehead atoms. The summed E-state index contributed by atoms with van der Waals surface area (Å²) in [6.45, 7) is 2.16. The van der Waals surface area contributed by atoms with E-state index in [1.54, 1.807) is 0 Å². The topological polar surface area (TPSA) is 0 Å². The van der Waals surface area contributed by atoms with Crippen molar-refractivity contribution in [2.75, 3.05) is 0 Å². The molecule has 16 heavy (non-hydrogen) atoms. The summed E-state index contributed by atoms with van der Waals surface area (Å²) >= 11 is 3.32. The van der Waals surface area contributed by atoms with Crippen molar-refractivity contribution in [3.63, 3.8) is 0 Å². The smallest absolute Gasteiger partial charge is 0.0149 e. The van der Waals surface area contributed by atoms with Crippen LogP contribution in [-0.4, -0.2) is 0 Å². The number of benzene rings is 2. The van der Waals surface area contributed by atoms with Gasteiger partial charge in [-0.15, -0.1) is 0 Å². The van der Waals surface area contributed by atoms with Gasteiger partial charge in [0, 0.05) is 0 Å². The SMILES string of the molecule is Cc1c(/C=C/Br)cccc1-c1ccccc1. The van der Waals surface area contributed by atoms with Gasteiger partial charge in [-0.2, -0.15) is 0 Å². The first-order valence-electron chi connectivity index (χ1n) is 5.24. The van der Waals surface area contributed by atoms with Crippen LogP contribution in [0.1, 0.15) is 11.1 Å². The van der Waals surface area contributed by atoms with E-state index in [2.05, 4.69) is 71.4 Å². The van der Waals surface area contributed by atoms with Gasteiger partial charge >= 0.3 is 0 Å². The lowest BCUT2D eigenvalue weighted by atomic mass is 9.97. The summed E-state index contributed by atoms with van der Waals surface area (Å²) < 4.78 is 0. The van der Waals surface area contributed by atoms with Gasteiger partial charge in [0.1, 0.15) is 0 Å². The Kier molecular flexibility index (Phi) is 3.58. The van der Waals surface area contributed by atoms with Crippen molar-refractivity contribution in [1.82, 2.24) is 0 Å². The molecule has 0 radical (unpaired) electrons. The van der Waals surface area contributed by atoms with E-state index in [-0.39, 0.29) is 0 Å². The van der Waals surface area contributed by atoms with E-state index in [4.69, 9.17) is 0 Å². The molecular formula is C15H13Br. The number of hydrogen-bond donors (Lipinski definition) is 0. The molecule has 0 spiro atoms. The second kappa shape index (κ2) is 5.13. The second-order valence-electron chi connectivity index (χ2n) is 3.68. The zero-order valence-corrected chi connectivity index (χ0v) is 10.7. The number of hydrogen-bond acceptors (Lipinski definition) is 0. The molecule has 0 amide bonds. The molecule has 0 N–H and O–H groups in total. The maximum absolute atomic E-state index is 3.32. The Balaban J connectivity index is 2.54. The Hall–Kier alpha value is -1.34. The van der Waals surface area contributed by atoms with Crippen LogP contribution in [0.2, 0.25) is 0 Å². The highest BCUT2D eigenvalue weighted by Gasteiger charge is 2.03. The predicted molar refractivity (Wildman–Crippen MR) is 74.6 cm³/mol. The lowest BCUT2D eigenvalue weighted by Gasteiger charge is -2.08. The molecule has 0 aliphatic rings. The molecule has 0 aliphatic carbocycles. The average Bonchev–Trinajstić information content (AvgIpc) is 2.33. The Morgan fingerprint density at radius 2 is 1.69 bits per heavy atom. The van der Waals surface area contributed by atoms with Crippen LogP contribution in [0.25, 0.3) is 17.2 Å². The third-order valence-electron chi connectivity index (χ3n) is 2.70. The molecule has 0 aromatic heterocycles. The molecule has 0 saturated heterocycles. The second-order valence-corrected chi connectivity index (χ2v) is 4.21. The van der Waals surface area contributed by atoms with Gasteiger partial charge < -0.3 is 0 Å². The van der Waals surface area contributed by atoms with Gasteiger partial charge in [-0.05, 0) is 40.2 Å². The quantitative estimate of drug-likeness (QED) is 0.720. The van der Waals surface area contributed by atoms with Crippen molar-refractivity contribution in [2.45, 2.75) is 6.92 Å². The fourth-order valence-corrected chi connectivity index (χ4v) is 2.12. The van der Waals surface area contributed by atoms with Crippen LogP contribution in [0, 0.1) is 6.92 Å². The van der Waals surface area contributed by atoms with E-state index in [0.717, 1.165) is 0 Å². The first-order chi connectivity index (χ1) is 7.83. The average molecular weight is 273 g/mol. The minimum atomic E-state index is 1.25. The molecule has 0 saturated carbocycles. The Labute approximate surface area is 105 Å². The molecule has 0 aliphatic heterocycles. The van der Waals surface area contributed by atoms with E-state index in [1.807, 2.05) is 11.1 Å². The molecule has 1 heteroatoms. The van der Waals surface area contributed by atoms with Crippen LogP contribution in [0.5, 0.6) is 0 Å². The summed E-state index contributed by atoms with van der Waals surface area (Å²) in [6, 6.07) is 16.9. The van der Waals surface area contributed by atoms with Crippen molar-refractivity contribution in [3.8, 4) is 11.1 Å². The van der Waals surface area contributed by atoms with Crippen molar-refractivity contribution >= 4 is 22.0 Å². The summed E-state index contributed by atoms with van der Waals surface area (Å²) in [7, 11) is 0. The van der Waals surface area contributed by atoms with Crippen LogP contribution >= 0.6 is 15.9 Å². The minimum absolute atomic E-state index is 1.25. The van der Waals surface area contributed by atoms with Gasteiger partial charge in [-0.3, -0.25) is 0 Å². The first-order valence-corrected chi connectivity index (χ1v) is 6.16. The standard InChI is InChI=1S/C15H13Br/c1-12-13(10-11-16)8-5-9-15(12)14-6-3-2-4-7-14/h2-11H,1H3/b11-10+. The van der Waals surface area contributed by atoms with Crippen molar-refractivity contribution < 1.29 is 0 Å². The third kappa shape index (κ3) is 2.25. The highest BCUT2D eigenvalue weighted by atomic mass is 79.9. The van der Waals surface area contributed by atoms with E-state index >= 15 is 0 Å². The molecular weight excluding hydrogens is 260 g/mol. The maximum atomic E-state index is 3.32. The molecule has 0 unspecified atom stereocenters. The fraction of sp³-hybridized carbons (Fsp3) is 0.0667. The number of rotatable bonds is 2. The summed E-state index contributed by atoms with van der Waals surface area (Å²) in [5, 5.41) is 0. The fourth-order valence-electron chi connectivity index (χ4n) is 1.83. The molecule has 2 aromatic rings. The molecule has 80 valence electrons. The van der Waals surface area contributed by atoms with Gasteiger partial charge in [0.05, 0.1) is 0 Å². The van der Waals surface area contributed by atoms with Gasteiger partial charge in [0.15, 0.2) is 0 Å². The zero-order valence-electron chi connectivity index (χ0n) is 9.15. The van der Waals surface area contributed by atoms with Crippen molar-refractivity contribution in [3.05, 3.63) is 64.6 Å². The predicted octanol–water partition coefficient (Wildman–Crippen LogP) is 5.03. The molecule has 2 rings (SSSR count). The highest BCUT2D eigenvalue weighted by Crippen LogP contribution is 2.26. The summed E-state index contributed by atoms with van der Waals surface area (Å²) in [6.07, 6.45) is 2.07. The molecule has 2 aromatic carbocycles. The van der Waals surface area contributed by atoms with Gasteiger partial charge in [0.25, 0.3) is 0 Å². The maximum Gasteiger partial charge on any atom is -0.0149 e. The third-order valence-corrected chi connectivity index (χ3v) is 2.97. The molecule has 0 nitrogen and oxygen atoms in total. The Morgan fingerprint density at radius 1 is 0.938 bits per heavy atom. The van der Waals surface area contributed by atoms with Gasteiger partial charge in [-0.1, -0.05) is 64.5 Å². The van der Waals surface area contributed by atoms with E-state index in [0.29, 0.717) is 0 Å². The molecule has 0 atom stereocenters. The zero-order chi connectivity index (χ0) is 11.4. The largest absolute Gasteiger partial charge is 0.0622 e. The summed E-state index contributed by atoms with van der Waals surface area (Å²) in [5.74, 6) is 0. The monoisotopic (exact) mass is 272 g/mol. The van der Waals surface area contributed by atoms with Gasteiger partial charge in [0.2, 0.25) is 0 Å². The number of halogens is 1. The lowest BCUT2D eigenvalue weighted by Crippen LogP contribution is -1.86. The van der Waals surface area contributed by atoms with Crippen molar-refractivity contribution in [1.29, 1.82) is 0 Å². The van der Waals surface area contributed by atoms with Crippen molar-refractivity contribution in [2.24, 2.45) is 0 Å². The van der Waals surface area contributed by atoms with Crippen LogP contribution in [0.3, 0.4) is 0 Å². The van der Waals surface area contributed by atoms with Crippen LogP contribution in [-0.2, 0) is 0 Å². The van der Waals surface area contributed by atoms with E-state index in [9.17, 15) is 0 Å². The lowest BCUT2D eigenvalue weighted by molar-refractivity contribution is 1.43. The molecule has 0 heterocycles. The summed E-state index contributed by atoms with van der Waals surface area (Å²) in [5.41, 5.74) is 5.12. The Morgan fingerprint density at radius 3 is 2.38 bits per heavy atom. The van der Waals surface area contributed by atoms with Crippen LogP contribution in [0.15, 0.2) is 53.5 Å². The molecule has 0 fully saturated rings. The summed E-state index contributed by atoms with van der Waals surface area (Å²) in [4.78, 5) is 1.89. The van der Waals surface area contributed by atoms with E-state index in [1.165, 1.54) is 22.3 Å². The van der Waals surface area contributed by atoms with Crippen LogP contribution < -0.4 is 0 Å². The first kappa shape index (κ1) is 11.2. The highest BCUT2D eigenvalue weighted by molar-refractivity contribution is 9.11. The Bertz CT molecular complexity index is 498.